The number of hydrogen-bond acceptors (Lipinski definition) is 2. The zero-order valence-electron chi connectivity index (χ0n) is 9.53. The quantitative estimate of drug-likeness (QED) is 0.863. The van der Waals surface area contributed by atoms with Crippen LogP contribution in [-0.4, -0.2) is 12.5 Å². The topological polar surface area (TPSA) is 52.9 Å². The van der Waals surface area contributed by atoms with E-state index >= 15 is 0 Å². The average molecular weight is 232 g/mol. The van der Waals surface area contributed by atoms with Crippen molar-refractivity contribution in [2.45, 2.75) is 13.3 Å². The summed E-state index contributed by atoms with van der Waals surface area (Å²) in [6, 6.07) is 6.32. The molecule has 4 heteroatoms. The largest absolute Gasteiger partial charge is 0.353 e. The first-order valence-electron chi connectivity index (χ1n) is 5.20. The molecule has 1 aromatic carbocycles. The van der Waals surface area contributed by atoms with Gasteiger partial charge < -0.3 is 5.32 Å². The van der Waals surface area contributed by atoms with Crippen LogP contribution in [-0.2, 0) is 11.2 Å². The highest BCUT2D eigenvalue weighted by molar-refractivity contribution is 5.73. The van der Waals surface area contributed by atoms with E-state index in [0.717, 1.165) is 5.56 Å². The summed E-state index contributed by atoms with van der Waals surface area (Å²) in [5, 5.41) is 11.2. The van der Waals surface area contributed by atoms with Gasteiger partial charge in [0, 0.05) is 13.5 Å². The third-order valence-corrected chi connectivity index (χ3v) is 2.14. The fraction of sp³-hybridized carbons (Fsp3) is 0.231. The number of nitrogens with one attached hydrogen (secondary N) is 1. The highest BCUT2D eigenvalue weighted by Gasteiger charge is 2.00. The fourth-order valence-corrected chi connectivity index (χ4v) is 1.36. The minimum Gasteiger partial charge on any atom is -0.353 e. The van der Waals surface area contributed by atoms with Crippen LogP contribution in [0.2, 0.25) is 0 Å². The van der Waals surface area contributed by atoms with Gasteiger partial charge in [-0.3, -0.25) is 4.79 Å². The normalized spacial score (nSPS) is 10.2. The molecule has 0 bridgehead atoms. The van der Waals surface area contributed by atoms with Gasteiger partial charge in [0.25, 0.3) is 0 Å². The summed E-state index contributed by atoms with van der Waals surface area (Å²) in [5.74, 6) is -0.461. The van der Waals surface area contributed by atoms with Crippen LogP contribution in [0.25, 0.3) is 6.08 Å². The van der Waals surface area contributed by atoms with E-state index in [-0.39, 0.29) is 18.1 Å². The molecule has 1 N–H and O–H groups in total. The summed E-state index contributed by atoms with van der Waals surface area (Å²) in [6.45, 7) is 1.81. The second kappa shape index (κ2) is 6.44. The van der Waals surface area contributed by atoms with Crippen LogP contribution in [0.4, 0.5) is 4.39 Å². The first-order chi connectivity index (χ1) is 8.13. The molecule has 17 heavy (non-hydrogen) atoms. The third-order valence-electron chi connectivity index (χ3n) is 2.14. The van der Waals surface area contributed by atoms with Gasteiger partial charge in [0.15, 0.2) is 0 Å². The van der Waals surface area contributed by atoms with E-state index in [4.69, 9.17) is 5.26 Å². The molecule has 1 rings (SSSR count). The van der Waals surface area contributed by atoms with E-state index in [1.807, 2.05) is 6.07 Å². The lowest BCUT2D eigenvalue weighted by atomic mass is 10.0. The lowest BCUT2D eigenvalue weighted by Crippen LogP contribution is -2.19. The van der Waals surface area contributed by atoms with Crippen LogP contribution in [0.15, 0.2) is 24.3 Å². The molecule has 0 atom stereocenters. The minimum absolute atomic E-state index is 0.119. The van der Waals surface area contributed by atoms with Crippen molar-refractivity contribution in [2.24, 2.45) is 0 Å². The molecule has 0 aromatic heterocycles. The number of carbonyl (C=O) groups excluding carboxylic acids is 1. The van der Waals surface area contributed by atoms with Crippen LogP contribution in [0, 0.1) is 17.1 Å². The van der Waals surface area contributed by atoms with Crippen molar-refractivity contribution in [3.63, 3.8) is 0 Å². The lowest BCUT2D eigenvalue weighted by Gasteiger charge is -2.02. The molecule has 0 aliphatic rings. The maximum Gasteiger partial charge on any atom is 0.217 e. The van der Waals surface area contributed by atoms with Crippen LogP contribution < -0.4 is 5.32 Å². The maximum atomic E-state index is 13.0. The molecule has 0 heterocycles. The number of hydrogen-bond donors (Lipinski definition) is 1. The number of halogens is 1. The molecule has 1 amide bonds. The molecular weight excluding hydrogens is 219 g/mol. The van der Waals surface area contributed by atoms with Crippen LogP contribution in [0.3, 0.4) is 0 Å². The van der Waals surface area contributed by atoms with Crippen molar-refractivity contribution in [3.8, 4) is 6.07 Å². The van der Waals surface area contributed by atoms with Crippen molar-refractivity contribution in [2.75, 3.05) is 6.54 Å². The van der Waals surface area contributed by atoms with Gasteiger partial charge in [0.05, 0.1) is 12.5 Å². The fourth-order valence-electron chi connectivity index (χ4n) is 1.36. The Bertz CT molecular complexity index is 475. The summed E-state index contributed by atoms with van der Waals surface area (Å²) >= 11 is 0. The van der Waals surface area contributed by atoms with Crippen LogP contribution >= 0.6 is 0 Å². The molecule has 0 saturated carbocycles. The van der Waals surface area contributed by atoms with Gasteiger partial charge in [-0.05, 0) is 23.3 Å². The number of nitrogens with zero attached hydrogens (tertiary/aromatic N) is 1. The van der Waals surface area contributed by atoms with Crippen molar-refractivity contribution in [1.29, 1.82) is 5.26 Å². The molecule has 88 valence electrons. The molecule has 0 aliphatic heterocycles. The molecule has 3 nitrogen and oxygen atoms in total. The van der Waals surface area contributed by atoms with Gasteiger partial charge in [-0.25, -0.2) is 4.39 Å². The Kier molecular flexibility index (Phi) is 4.89. The van der Waals surface area contributed by atoms with E-state index < -0.39 is 0 Å². The zero-order valence-corrected chi connectivity index (χ0v) is 9.53. The Morgan fingerprint density at radius 1 is 1.59 bits per heavy atom. The standard InChI is InChI=1S/C13H13FN2O/c1-10(17)16-8-2-3-12-9-13(14)5-4-11(12)6-7-15/h2-5,9H,6,8H2,1H3,(H,16,17). The van der Waals surface area contributed by atoms with Gasteiger partial charge in [0.2, 0.25) is 5.91 Å². The first kappa shape index (κ1) is 12.9. The Morgan fingerprint density at radius 3 is 3.00 bits per heavy atom. The van der Waals surface area contributed by atoms with Gasteiger partial charge in [0.1, 0.15) is 5.82 Å². The number of benzene rings is 1. The highest BCUT2D eigenvalue weighted by atomic mass is 19.1. The average Bonchev–Trinajstić information content (AvgIpc) is 2.28. The van der Waals surface area contributed by atoms with Gasteiger partial charge in [-0.2, -0.15) is 5.26 Å². The molecule has 0 spiro atoms. The van der Waals surface area contributed by atoms with E-state index in [2.05, 4.69) is 5.32 Å². The Morgan fingerprint density at radius 2 is 2.35 bits per heavy atom. The summed E-state index contributed by atoms with van der Waals surface area (Å²) in [6.07, 6.45) is 3.66. The third kappa shape index (κ3) is 4.47. The number of carbonyl (C=O) groups is 1. The van der Waals surface area contributed by atoms with E-state index in [9.17, 15) is 9.18 Å². The minimum atomic E-state index is -0.342. The molecule has 1 aromatic rings. The number of amides is 1. The Labute approximate surface area is 99.6 Å². The molecular formula is C13H13FN2O. The SMILES string of the molecule is CC(=O)NCC=Cc1cc(F)ccc1CC#N. The maximum absolute atomic E-state index is 13.0. The summed E-state index contributed by atoms with van der Waals surface area (Å²) in [4.78, 5) is 10.6. The molecule has 0 unspecified atom stereocenters. The van der Waals surface area contributed by atoms with Gasteiger partial charge in [-0.15, -0.1) is 0 Å². The monoisotopic (exact) mass is 232 g/mol. The zero-order chi connectivity index (χ0) is 12.7. The van der Waals surface area contributed by atoms with Crippen LogP contribution in [0.5, 0.6) is 0 Å². The number of rotatable bonds is 4. The molecule has 0 fully saturated rings. The number of nitriles is 1. The predicted octanol–water partition coefficient (Wildman–Crippen LogP) is 2.04. The lowest BCUT2D eigenvalue weighted by molar-refractivity contribution is -0.118. The Hall–Kier alpha value is -2.15. The van der Waals surface area contributed by atoms with Gasteiger partial charge in [-0.1, -0.05) is 18.2 Å². The highest BCUT2D eigenvalue weighted by Crippen LogP contribution is 2.13. The Balaban J connectivity index is 2.77. The summed E-state index contributed by atoms with van der Waals surface area (Å²) in [7, 11) is 0. The van der Waals surface area contributed by atoms with E-state index in [1.54, 1.807) is 18.2 Å². The molecule has 0 aliphatic carbocycles. The van der Waals surface area contributed by atoms with Crippen molar-refractivity contribution < 1.29 is 9.18 Å². The van der Waals surface area contributed by atoms with E-state index in [0.29, 0.717) is 12.1 Å². The smallest absolute Gasteiger partial charge is 0.217 e. The summed E-state index contributed by atoms with van der Waals surface area (Å²) in [5.41, 5.74) is 1.44. The van der Waals surface area contributed by atoms with E-state index in [1.165, 1.54) is 19.1 Å². The van der Waals surface area contributed by atoms with Crippen LogP contribution in [0.1, 0.15) is 18.1 Å². The van der Waals surface area contributed by atoms with Crippen molar-refractivity contribution in [3.05, 3.63) is 41.2 Å². The van der Waals surface area contributed by atoms with Crippen molar-refractivity contribution in [1.82, 2.24) is 5.32 Å². The van der Waals surface area contributed by atoms with Crippen molar-refractivity contribution >= 4 is 12.0 Å². The molecule has 0 saturated heterocycles. The summed E-state index contributed by atoms with van der Waals surface area (Å²) < 4.78 is 13.0. The first-order valence-corrected chi connectivity index (χ1v) is 5.20. The molecule has 0 radical (unpaired) electrons. The van der Waals surface area contributed by atoms with Gasteiger partial charge >= 0.3 is 0 Å². The second-order valence-corrected chi connectivity index (χ2v) is 3.52. The predicted molar refractivity (Wildman–Crippen MR) is 63.4 cm³/mol. The second-order valence-electron chi connectivity index (χ2n) is 3.52.